The van der Waals surface area contributed by atoms with E-state index >= 15 is 4.39 Å². The molecule has 4 aromatic rings. The number of nitrogens with zero attached hydrogens (tertiary/aromatic N) is 5. The molecule has 0 bridgehead atoms. The van der Waals surface area contributed by atoms with E-state index < -0.39 is 17.2 Å². The highest BCUT2D eigenvalue weighted by Crippen LogP contribution is 2.61. The number of halogens is 2. The number of imide groups is 1. The van der Waals surface area contributed by atoms with Crippen LogP contribution in [0.25, 0.3) is 22.3 Å². The van der Waals surface area contributed by atoms with Gasteiger partial charge in [0.15, 0.2) is 0 Å². The maximum atomic E-state index is 16.1. The Kier molecular flexibility index (Phi) is 9.64. The van der Waals surface area contributed by atoms with Gasteiger partial charge in [-0.2, -0.15) is 4.98 Å². The van der Waals surface area contributed by atoms with Crippen molar-refractivity contribution in [2.45, 2.75) is 58.3 Å². The van der Waals surface area contributed by atoms with Crippen molar-refractivity contribution in [2.24, 2.45) is 0 Å². The van der Waals surface area contributed by atoms with E-state index in [-0.39, 0.29) is 24.7 Å². The second-order valence-corrected chi connectivity index (χ2v) is 10.9. The van der Waals surface area contributed by atoms with E-state index in [9.17, 15) is 9.59 Å². The number of amides is 3. The number of aromatic nitrogens is 3. The third kappa shape index (κ3) is 5.96. The van der Waals surface area contributed by atoms with Gasteiger partial charge in [0.05, 0.1) is 17.4 Å². The number of benzene rings is 2. The SMILES string of the molecule is CC.Cc1nc(-c2ccc(CN3CCC4(c5ccc6ncc(N7CCC(=O)NC7=O)cc6c5F)OC4(C)C3)cc2)no1.PI. The molecule has 7 rings (SSSR count). The van der Waals surface area contributed by atoms with Gasteiger partial charge in [0.2, 0.25) is 17.6 Å². The zero-order valence-corrected chi connectivity index (χ0v) is 28.4. The molecule has 3 amide bonds. The standard InChI is InChI=1S/C29H27FN6O4.C2H6.H2IP/c1-17-32-26(34-39-17)19-5-3-18(4-6-19)15-35-12-10-29(28(2,16-35)40-29)22-7-8-23-21(25(22)30)13-20(14-31-23)36-11-9-24(37)33-27(36)38;2*1-2/h3-8,13-14H,9-12,15-16H2,1-2H3,(H,33,37,38);1-2H3;2H2. The number of anilines is 1. The smallest absolute Gasteiger partial charge is 0.328 e. The maximum absolute atomic E-state index is 16.1. The molecule has 2 aromatic heterocycles. The molecule has 1 N–H and O–H groups in total. The molecule has 3 aliphatic rings. The van der Waals surface area contributed by atoms with E-state index in [0.29, 0.717) is 46.8 Å². The minimum atomic E-state index is -0.715. The normalized spacial score (nSPS) is 22.8. The lowest BCUT2D eigenvalue weighted by Crippen LogP contribution is -2.49. The fourth-order valence-corrected chi connectivity index (χ4v) is 6.12. The summed E-state index contributed by atoms with van der Waals surface area (Å²) in [4.78, 5) is 36.3. The molecular formula is C31H35FIN6O4P. The van der Waals surface area contributed by atoms with E-state index in [4.69, 9.17) is 9.26 Å². The van der Waals surface area contributed by atoms with Crippen LogP contribution in [0.3, 0.4) is 0 Å². The molecule has 5 heterocycles. The van der Waals surface area contributed by atoms with Crippen LogP contribution < -0.4 is 10.2 Å². The molecule has 0 saturated carbocycles. The Morgan fingerprint density at radius 2 is 1.86 bits per heavy atom. The molecule has 44 heavy (non-hydrogen) atoms. The third-order valence-electron chi connectivity index (χ3n) is 8.25. The maximum Gasteiger partial charge on any atom is 0.328 e. The Bertz CT molecular complexity index is 1690. The summed E-state index contributed by atoms with van der Waals surface area (Å²) in [5.41, 5.74) is 2.26. The summed E-state index contributed by atoms with van der Waals surface area (Å²) >= 11 is 2.07. The minimum Gasteiger partial charge on any atom is -0.356 e. The van der Waals surface area contributed by atoms with Crippen molar-refractivity contribution < 1.29 is 23.2 Å². The van der Waals surface area contributed by atoms with Gasteiger partial charge in [-0.1, -0.05) is 78.3 Å². The third-order valence-corrected chi connectivity index (χ3v) is 8.25. The van der Waals surface area contributed by atoms with Gasteiger partial charge >= 0.3 is 6.03 Å². The summed E-state index contributed by atoms with van der Waals surface area (Å²) in [5, 5.41) is 6.59. The zero-order chi connectivity index (χ0) is 31.6. The molecule has 0 spiro atoms. The summed E-state index contributed by atoms with van der Waals surface area (Å²) in [6.45, 7) is 12.6. The Hall–Kier alpha value is -3.06. The molecule has 0 aliphatic carbocycles. The first-order valence-electron chi connectivity index (χ1n) is 14.5. The number of aryl methyl sites for hydroxylation is 1. The molecule has 13 heteroatoms. The van der Waals surface area contributed by atoms with Crippen molar-refractivity contribution >= 4 is 57.5 Å². The Labute approximate surface area is 270 Å². The molecule has 0 radical (unpaired) electrons. The van der Waals surface area contributed by atoms with Crippen LogP contribution in [-0.4, -0.2) is 57.2 Å². The van der Waals surface area contributed by atoms with Crippen LogP contribution in [0.4, 0.5) is 14.9 Å². The van der Waals surface area contributed by atoms with Crippen LogP contribution in [0.5, 0.6) is 0 Å². The van der Waals surface area contributed by atoms with E-state index in [2.05, 4.69) is 66.4 Å². The van der Waals surface area contributed by atoms with Crippen molar-refractivity contribution in [1.29, 1.82) is 0 Å². The fourth-order valence-electron chi connectivity index (χ4n) is 6.12. The van der Waals surface area contributed by atoms with Crippen LogP contribution in [0.2, 0.25) is 0 Å². The first-order valence-corrected chi connectivity index (χ1v) is 18.7. The lowest BCUT2D eigenvalue weighted by atomic mass is 9.80. The number of piperidine rings is 1. The molecular weight excluding hydrogens is 697 g/mol. The highest BCUT2D eigenvalue weighted by atomic mass is 127. The number of nitrogens with one attached hydrogen (secondary N) is 1. The number of hydrogen-bond acceptors (Lipinski definition) is 8. The van der Waals surface area contributed by atoms with Crippen molar-refractivity contribution in [2.75, 3.05) is 24.5 Å². The van der Waals surface area contributed by atoms with E-state index in [1.54, 1.807) is 25.1 Å². The van der Waals surface area contributed by atoms with Crippen molar-refractivity contribution in [3.63, 3.8) is 0 Å². The summed E-state index contributed by atoms with van der Waals surface area (Å²) in [6.07, 6.45) is 2.36. The summed E-state index contributed by atoms with van der Waals surface area (Å²) < 4.78 is 27.5. The molecule has 3 unspecified atom stereocenters. The Morgan fingerprint density at radius 1 is 1.11 bits per heavy atom. The molecule has 232 valence electrons. The van der Waals surface area contributed by atoms with Gasteiger partial charge in [-0.15, -0.1) is 0 Å². The summed E-state index contributed by atoms with van der Waals surface area (Å²) in [7, 11) is 0. The number of likely N-dealkylation sites (tertiary alicyclic amines) is 1. The van der Waals surface area contributed by atoms with Gasteiger partial charge in [0.1, 0.15) is 17.0 Å². The Morgan fingerprint density at radius 3 is 2.52 bits per heavy atom. The van der Waals surface area contributed by atoms with Crippen LogP contribution in [0.1, 0.15) is 50.6 Å². The predicted molar refractivity (Wildman–Crippen MR) is 178 cm³/mol. The first-order chi connectivity index (χ1) is 21.2. The summed E-state index contributed by atoms with van der Waals surface area (Å²) in [6, 6.07) is 12.8. The van der Waals surface area contributed by atoms with Gasteiger partial charge in [-0.3, -0.25) is 24.9 Å². The van der Waals surface area contributed by atoms with Crippen molar-refractivity contribution in [3.8, 4) is 11.4 Å². The van der Waals surface area contributed by atoms with Gasteiger partial charge in [0, 0.05) is 56.0 Å². The highest BCUT2D eigenvalue weighted by molar-refractivity contribution is 14.2. The molecule has 2 aromatic carbocycles. The quantitative estimate of drug-likeness (QED) is 0.144. The molecule has 10 nitrogen and oxygen atoms in total. The Balaban J connectivity index is 0.000000924. The van der Waals surface area contributed by atoms with Gasteiger partial charge in [0.25, 0.3) is 0 Å². The molecule has 3 fully saturated rings. The van der Waals surface area contributed by atoms with Crippen molar-refractivity contribution in [1.82, 2.24) is 25.3 Å². The van der Waals surface area contributed by atoms with Gasteiger partial charge < -0.3 is 9.26 Å². The van der Waals surface area contributed by atoms with Crippen LogP contribution in [0, 0.1) is 12.7 Å². The van der Waals surface area contributed by atoms with Crippen LogP contribution in [-0.2, 0) is 21.7 Å². The van der Waals surface area contributed by atoms with Crippen molar-refractivity contribution in [3.05, 3.63) is 71.5 Å². The number of carbonyl (C=O) groups excluding carboxylic acids is 2. The second-order valence-electron chi connectivity index (χ2n) is 10.9. The van der Waals surface area contributed by atoms with E-state index in [0.717, 1.165) is 24.2 Å². The van der Waals surface area contributed by atoms with Gasteiger partial charge in [-0.25, -0.2) is 9.18 Å². The lowest BCUT2D eigenvalue weighted by Gasteiger charge is -2.33. The number of rotatable bonds is 5. The average Bonchev–Trinajstić information content (AvgIpc) is 3.44. The van der Waals surface area contributed by atoms with E-state index in [1.807, 2.05) is 32.9 Å². The molecule has 3 saturated heterocycles. The predicted octanol–water partition coefficient (Wildman–Crippen LogP) is 6.31. The number of urea groups is 1. The summed E-state index contributed by atoms with van der Waals surface area (Å²) in [5.74, 6) is 0.389. The topological polar surface area (TPSA) is 117 Å². The minimum absolute atomic E-state index is 0.181. The number of ether oxygens (including phenoxy) is 1. The molecule has 3 aliphatic heterocycles. The number of epoxide rings is 1. The van der Waals surface area contributed by atoms with Crippen LogP contribution >= 0.6 is 28.9 Å². The zero-order valence-electron chi connectivity index (χ0n) is 25.1. The average molecular weight is 733 g/mol. The first kappa shape index (κ1) is 32.3. The second kappa shape index (κ2) is 13.1. The largest absolute Gasteiger partial charge is 0.356 e. The van der Waals surface area contributed by atoms with Gasteiger partial charge in [-0.05, 0) is 31.0 Å². The number of pyridine rings is 1. The number of hydrogen-bond donors (Lipinski definition) is 1. The van der Waals surface area contributed by atoms with Crippen LogP contribution in [0.15, 0.2) is 53.2 Å². The highest BCUT2D eigenvalue weighted by Gasteiger charge is 2.70. The lowest BCUT2D eigenvalue weighted by molar-refractivity contribution is -0.120. The number of carbonyl (C=O) groups is 2. The fraction of sp³-hybridized carbons (Fsp3) is 0.387. The monoisotopic (exact) mass is 732 g/mol. The van der Waals surface area contributed by atoms with E-state index in [1.165, 1.54) is 11.1 Å². The molecule has 3 atom stereocenters. The number of fused-ring (bicyclic) bond motifs is 2.